The number of ether oxygens (including phenoxy) is 1. The summed E-state index contributed by atoms with van der Waals surface area (Å²) in [5.41, 5.74) is 9.76. The van der Waals surface area contributed by atoms with E-state index in [4.69, 9.17) is 20.7 Å². The molecule has 1 aliphatic rings. The molecule has 1 heterocycles. The second-order valence-corrected chi connectivity index (χ2v) is 2.81. The third-order valence-corrected chi connectivity index (χ3v) is 1.95. The van der Waals surface area contributed by atoms with Crippen LogP contribution >= 0.6 is 0 Å². The van der Waals surface area contributed by atoms with Crippen LogP contribution in [0.15, 0.2) is 0 Å². The topological polar surface area (TPSA) is 142 Å². The van der Waals surface area contributed by atoms with Crippen LogP contribution in [0.25, 0.3) is 0 Å². The first-order valence-electron chi connectivity index (χ1n) is 4.21. The average molecular weight is 210 g/mol. The average Bonchev–Trinajstić information content (AvgIpc) is 2.23. The van der Waals surface area contributed by atoms with E-state index in [1.807, 2.05) is 0 Å². The summed E-state index contributed by atoms with van der Waals surface area (Å²) < 4.78 is 4.70. The first-order chi connectivity index (χ1) is 6.57. The molecule has 0 aliphatic carbocycles. The SMILES string of the molecule is CN.N[C@H]1C(O)O[C@H](CO)[C@@H](O)[C@@H]1O. The largest absolute Gasteiger partial charge is 0.394 e. The molecule has 86 valence electrons. The van der Waals surface area contributed by atoms with Gasteiger partial charge in [-0.2, -0.15) is 0 Å². The zero-order valence-corrected chi connectivity index (χ0v) is 7.95. The third-order valence-electron chi connectivity index (χ3n) is 1.95. The molecule has 1 unspecified atom stereocenters. The zero-order chi connectivity index (χ0) is 11.3. The lowest BCUT2D eigenvalue weighted by atomic mass is 9.98. The third kappa shape index (κ3) is 2.85. The zero-order valence-electron chi connectivity index (χ0n) is 7.95. The predicted molar refractivity (Wildman–Crippen MR) is 48.1 cm³/mol. The smallest absolute Gasteiger partial charge is 0.173 e. The van der Waals surface area contributed by atoms with E-state index in [0.29, 0.717) is 0 Å². The van der Waals surface area contributed by atoms with E-state index in [2.05, 4.69) is 5.73 Å². The van der Waals surface area contributed by atoms with Gasteiger partial charge in [-0.05, 0) is 7.05 Å². The van der Waals surface area contributed by atoms with E-state index < -0.39 is 37.3 Å². The molecule has 7 heteroatoms. The molecule has 1 saturated heterocycles. The van der Waals surface area contributed by atoms with Gasteiger partial charge in [-0.15, -0.1) is 0 Å². The van der Waals surface area contributed by atoms with E-state index in [1.54, 1.807) is 0 Å². The lowest BCUT2D eigenvalue weighted by Gasteiger charge is -2.38. The van der Waals surface area contributed by atoms with Crippen LogP contribution in [0, 0.1) is 0 Å². The van der Waals surface area contributed by atoms with Gasteiger partial charge in [0.2, 0.25) is 0 Å². The van der Waals surface area contributed by atoms with E-state index in [-0.39, 0.29) is 0 Å². The van der Waals surface area contributed by atoms with Crippen molar-refractivity contribution in [1.82, 2.24) is 0 Å². The van der Waals surface area contributed by atoms with Gasteiger partial charge in [0, 0.05) is 0 Å². The summed E-state index contributed by atoms with van der Waals surface area (Å²) in [6, 6.07) is -1.04. The van der Waals surface area contributed by atoms with E-state index in [0.717, 1.165) is 0 Å². The summed E-state index contributed by atoms with van der Waals surface area (Å²) in [7, 11) is 1.50. The van der Waals surface area contributed by atoms with Crippen molar-refractivity contribution in [1.29, 1.82) is 0 Å². The molecule has 14 heavy (non-hydrogen) atoms. The van der Waals surface area contributed by atoms with Crippen LogP contribution in [0.3, 0.4) is 0 Å². The molecule has 0 saturated carbocycles. The van der Waals surface area contributed by atoms with Crippen molar-refractivity contribution < 1.29 is 25.2 Å². The van der Waals surface area contributed by atoms with Gasteiger partial charge in [0.1, 0.15) is 18.3 Å². The molecule has 0 aromatic rings. The fourth-order valence-electron chi connectivity index (χ4n) is 1.12. The Balaban J connectivity index is 0.000000791. The number of aliphatic hydroxyl groups excluding tert-OH is 4. The summed E-state index contributed by atoms with van der Waals surface area (Å²) in [5.74, 6) is 0. The maximum absolute atomic E-state index is 9.20. The lowest BCUT2D eigenvalue weighted by Crippen LogP contribution is -2.61. The molecule has 1 aliphatic heterocycles. The molecule has 0 amide bonds. The highest BCUT2D eigenvalue weighted by atomic mass is 16.6. The van der Waals surface area contributed by atoms with Crippen LogP contribution in [0.1, 0.15) is 0 Å². The minimum atomic E-state index is -1.35. The Morgan fingerprint density at radius 1 is 1.14 bits per heavy atom. The molecule has 1 fully saturated rings. The summed E-state index contributed by atoms with van der Waals surface area (Å²) in [6.07, 6.45) is -4.85. The van der Waals surface area contributed by atoms with Crippen molar-refractivity contribution in [3.05, 3.63) is 0 Å². The van der Waals surface area contributed by atoms with Crippen LogP contribution in [-0.2, 0) is 4.74 Å². The van der Waals surface area contributed by atoms with Crippen molar-refractivity contribution in [2.75, 3.05) is 13.7 Å². The number of rotatable bonds is 1. The van der Waals surface area contributed by atoms with Gasteiger partial charge in [-0.1, -0.05) is 0 Å². The van der Waals surface area contributed by atoms with Crippen LogP contribution in [0.2, 0.25) is 0 Å². The summed E-state index contributed by atoms with van der Waals surface area (Å²) >= 11 is 0. The number of nitrogens with two attached hydrogens (primary N) is 2. The molecule has 0 radical (unpaired) electrons. The Bertz CT molecular complexity index is 154. The van der Waals surface area contributed by atoms with Crippen molar-refractivity contribution in [2.24, 2.45) is 11.5 Å². The molecule has 5 atom stereocenters. The van der Waals surface area contributed by atoms with Gasteiger partial charge in [0.05, 0.1) is 12.6 Å². The highest BCUT2D eigenvalue weighted by molar-refractivity contribution is 4.90. The Morgan fingerprint density at radius 2 is 1.64 bits per heavy atom. The standard InChI is InChI=1S/C6H13NO5.CH5N/c7-3-5(10)4(9)2(1-8)12-6(3)11;1-2/h2-6,8-11H,1,7H2;2H2,1H3/t2-,3-,4-,5-,6?;/m1./s1. The fraction of sp³-hybridized carbons (Fsp3) is 1.00. The number of hydrogen-bond donors (Lipinski definition) is 6. The first-order valence-corrected chi connectivity index (χ1v) is 4.21. The molecule has 0 aromatic carbocycles. The van der Waals surface area contributed by atoms with Crippen LogP contribution in [-0.4, -0.2) is 64.7 Å². The van der Waals surface area contributed by atoms with Crippen molar-refractivity contribution >= 4 is 0 Å². The molecule has 0 aromatic heterocycles. The monoisotopic (exact) mass is 210 g/mol. The maximum Gasteiger partial charge on any atom is 0.173 e. The second kappa shape index (κ2) is 6.25. The van der Waals surface area contributed by atoms with Gasteiger partial charge < -0.3 is 36.6 Å². The molecule has 0 bridgehead atoms. The van der Waals surface area contributed by atoms with Gasteiger partial charge in [-0.25, -0.2) is 0 Å². The minimum absolute atomic E-state index is 0.470. The highest BCUT2D eigenvalue weighted by Gasteiger charge is 2.41. The highest BCUT2D eigenvalue weighted by Crippen LogP contribution is 2.17. The Hall–Kier alpha value is -0.280. The quantitative estimate of drug-likeness (QED) is 0.261. The van der Waals surface area contributed by atoms with Gasteiger partial charge in [0.25, 0.3) is 0 Å². The van der Waals surface area contributed by atoms with Crippen LogP contribution < -0.4 is 11.5 Å². The van der Waals surface area contributed by atoms with E-state index in [1.165, 1.54) is 7.05 Å². The first kappa shape index (κ1) is 13.7. The van der Waals surface area contributed by atoms with E-state index >= 15 is 0 Å². The second-order valence-electron chi connectivity index (χ2n) is 2.81. The minimum Gasteiger partial charge on any atom is -0.394 e. The van der Waals surface area contributed by atoms with Crippen molar-refractivity contribution in [3.63, 3.8) is 0 Å². The summed E-state index contributed by atoms with van der Waals surface area (Å²) in [4.78, 5) is 0. The van der Waals surface area contributed by atoms with Crippen molar-refractivity contribution in [2.45, 2.75) is 30.6 Å². The Morgan fingerprint density at radius 3 is 2.07 bits per heavy atom. The van der Waals surface area contributed by atoms with E-state index in [9.17, 15) is 10.2 Å². The van der Waals surface area contributed by atoms with Gasteiger partial charge >= 0.3 is 0 Å². The number of aliphatic hydroxyl groups is 4. The Labute approximate surface area is 81.9 Å². The lowest BCUT2D eigenvalue weighted by molar-refractivity contribution is -0.248. The Kier molecular flexibility index (Phi) is 6.12. The van der Waals surface area contributed by atoms with Gasteiger partial charge in [-0.3, -0.25) is 0 Å². The molecule has 0 spiro atoms. The van der Waals surface area contributed by atoms with Crippen LogP contribution in [0.5, 0.6) is 0 Å². The summed E-state index contributed by atoms with van der Waals surface area (Å²) in [6.45, 7) is -0.470. The summed E-state index contributed by atoms with van der Waals surface area (Å²) in [5, 5.41) is 36.1. The molecule has 1 rings (SSSR count). The molecular formula is C7H18N2O5. The fourth-order valence-corrected chi connectivity index (χ4v) is 1.12. The predicted octanol–water partition coefficient (Wildman–Crippen LogP) is -3.68. The number of hydrogen-bond acceptors (Lipinski definition) is 7. The maximum atomic E-state index is 9.20. The molecule has 8 N–H and O–H groups in total. The molecular weight excluding hydrogens is 192 g/mol. The normalized spacial score (nSPS) is 42.6. The molecule has 7 nitrogen and oxygen atoms in total. The van der Waals surface area contributed by atoms with Crippen molar-refractivity contribution in [3.8, 4) is 0 Å². The van der Waals surface area contributed by atoms with Gasteiger partial charge in [0.15, 0.2) is 6.29 Å². The van der Waals surface area contributed by atoms with Crippen LogP contribution in [0.4, 0.5) is 0 Å².